The van der Waals surface area contributed by atoms with E-state index in [2.05, 4.69) is 20.6 Å². The number of benzene rings is 1. The smallest absolute Gasteiger partial charge is 0.272 e. The Labute approximate surface area is 200 Å². The standard InChI is InChI=1S/C23H26ClF2N5O3/c1-2-27-20(32)18-19(29-12-28-18)21(33)30-13-4-7-23(8-5-13)6-3-9-31(22(23)34)17-11-16(26)15(25)10-14(17)24/h10-13H,2-9H2,1H3,(H,27,32)(H,28,29)(H,30,33). The average molecular weight is 494 g/mol. The van der Waals surface area contributed by atoms with E-state index >= 15 is 0 Å². The molecule has 1 aromatic heterocycles. The minimum absolute atomic E-state index is 0.00725. The van der Waals surface area contributed by atoms with Crippen LogP contribution in [-0.2, 0) is 4.79 Å². The number of amides is 3. The number of rotatable bonds is 5. The summed E-state index contributed by atoms with van der Waals surface area (Å²) >= 11 is 6.13. The van der Waals surface area contributed by atoms with Crippen LogP contribution in [0.1, 0.15) is 66.4 Å². The molecule has 1 spiro atoms. The number of hydrogen-bond donors (Lipinski definition) is 3. The Kier molecular flexibility index (Phi) is 6.88. The highest BCUT2D eigenvalue weighted by Crippen LogP contribution is 2.46. The summed E-state index contributed by atoms with van der Waals surface area (Å²) < 4.78 is 27.3. The van der Waals surface area contributed by atoms with Gasteiger partial charge >= 0.3 is 0 Å². The van der Waals surface area contributed by atoms with Crippen LogP contribution < -0.4 is 15.5 Å². The van der Waals surface area contributed by atoms with E-state index in [1.807, 2.05) is 0 Å². The Morgan fingerprint density at radius 1 is 1.21 bits per heavy atom. The number of halogens is 3. The zero-order chi connectivity index (χ0) is 24.5. The van der Waals surface area contributed by atoms with E-state index in [0.29, 0.717) is 51.6 Å². The van der Waals surface area contributed by atoms with Crippen molar-refractivity contribution in [2.24, 2.45) is 5.41 Å². The first-order valence-electron chi connectivity index (χ1n) is 11.3. The van der Waals surface area contributed by atoms with Crippen LogP contribution in [-0.4, -0.2) is 46.8 Å². The molecule has 0 bridgehead atoms. The maximum absolute atomic E-state index is 13.8. The first kappa shape index (κ1) is 24.1. The molecule has 4 rings (SSSR count). The number of imidazole rings is 1. The van der Waals surface area contributed by atoms with Crippen LogP contribution in [0.15, 0.2) is 18.5 Å². The SMILES string of the molecule is CCNC(=O)c1[nH]cnc1C(=O)NC1CCC2(CCCN(c3cc(F)c(F)cc3Cl)C2=O)CC1. The molecule has 2 fully saturated rings. The lowest BCUT2D eigenvalue weighted by Crippen LogP contribution is -2.52. The molecule has 1 aromatic carbocycles. The number of piperidine rings is 1. The molecule has 2 heterocycles. The van der Waals surface area contributed by atoms with Crippen molar-refractivity contribution in [1.82, 2.24) is 20.6 Å². The number of nitrogens with one attached hydrogen (secondary N) is 3. The zero-order valence-corrected chi connectivity index (χ0v) is 19.5. The number of hydrogen-bond acceptors (Lipinski definition) is 4. The van der Waals surface area contributed by atoms with Crippen LogP contribution in [0.5, 0.6) is 0 Å². The van der Waals surface area contributed by atoms with Crippen LogP contribution in [0.2, 0.25) is 5.02 Å². The third-order valence-electron chi connectivity index (χ3n) is 6.71. The summed E-state index contributed by atoms with van der Waals surface area (Å²) in [5.41, 5.74) is -0.324. The molecule has 1 aliphatic heterocycles. The quantitative estimate of drug-likeness (QED) is 0.553. The fourth-order valence-electron chi connectivity index (χ4n) is 4.94. The fourth-order valence-corrected chi connectivity index (χ4v) is 5.19. The second kappa shape index (κ2) is 9.69. The predicted octanol–water partition coefficient (Wildman–Crippen LogP) is 3.58. The molecule has 3 amide bonds. The zero-order valence-electron chi connectivity index (χ0n) is 18.7. The second-order valence-electron chi connectivity index (χ2n) is 8.79. The van der Waals surface area contributed by atoms with Crippen molar-refractivity contribution >= 4 is 35.0 Å². The molecule has 11 heteroatoms. The van der Waals surface area contributed by atoms with Gasteiger partial charge in [-0.05, 0) is 51.5 Å². The normalized spacial score (nSPS) is 22.6. The number of H-pyrrole nitrogens is 1. The Balaban J connectivity index is 1.42. The Morgan fingerprint density at radius 3 is 2.62 bits per heavy atom. The van der Waals surface area contributed by atoms with Crippen molar-refractivity contribution in [3.05, 3.63) is 46.5 Å². The van der Waals surface area contributed by atoms with Gasteiger partial charge in [-0.1, -0.05) is 11.6 Å². The first-order chi connectivity index (χ1) is 16.3. The molecular formula is C23H26ClF2N5O3. The highest BCUT2D eigenvalue weighted by atomic mass is 35.5. The van der Waals surface area contributed by atoms with Crippen LogP contribution >= 0.6 is 11.6 Å². The van der Waals surface area contributed by atoms with E-state index in [0.717, 1.165) is 12.1 Å². The summed E-state index contributed by atoms with van der Waals surface area (Å²) in [7, 11) is 0. The molecule has 2 aromatic rings. The largest absolute Gasteiger partial charge is 0.351 e. The van der Waals surface area contributed by atoms with Gasteiger partial charge in [0.2, 0.25) is 5.91 Å². The van der Waals surface area contributed by atoms with Crippen LogP contribution in [0, 0.1) is 17.0 Å². The second-order valence-corrected chi connectivity index (χ2v) is 9.20. The highest BCUT2D eigenvalue weighted by Gasteiger charge is 2.47. The van der Waals surface area contributed by atoms with E-state index in [9.17, 15) is 23.2 Å². The maximum atomic E-state index is 13.8. The third-order valence-corrected chi connectivity index (χ3v) is 7.02. The van der Waals surface area contributed by atoms with Gasteiger partial charge in [0.25, 0.3) is 11.8 Å². The topological polar surface area (TPSA) is 107 Å². The Bertz CT molecular complexity index is 1110. The van der Waals surface area contributed by atoms with Crippen LogP contribution in [0.3, 0.4) is 0 Å². The van der Waals surface area contributed by atoms with Crippen molar-refractivity contribution in [2.45, 2.75) is 51.5 Å². The lowest BCUT2D eigenvalue weighted by Gasteiger charge is -2.45. The van der Waals surface area contributed by atoms with Gasteiger partial charge in [-0.3, -0.25) is 14.4 Å². The molecule has 8 nitrogen and oxygen atoms in total. The number of carbonyl (C=O) groups excluding carboxylic acids is 3. The summed E-state index contributed by atoms with van der Waals surface area (Å²) in [4.78, 5) is 46.4. The molecule has 0 radical (unpaired) electrons. The van der Waals surface area contributed by atoms with E-state index in [-0.39, 0.29) is 34.0 Å². The Morgan fingerprint density at radius 2 is 1.91 bits per heavy atom. The summed E-state index contributed by atoms with van der Waals surface area (Å²) in [5.74, 6) is -3.12. The van der Waals surface area contributed by atoms with E-state index in [4.69, 9.17) is 11.6 Å². The van der Waals surface area contributed by atoms with Crippen molar-refractivity contribution in [3.63, 3.8) is 0 Å². The molecule has 3 N–H and O–H groups in total. The van der Waals surface area contributed by atoms with Gasteiger partial charge in [-0.2, -0.15) is 0 Å². The monoisotopic (exact) mass is 493 g/mol. The van der Waals surface area contributed by atoms with Crippen molar-refractivity contribution in [2.75, 3.05) is 18.0 Å². The van der Waals surface area contributed by atoms with E-state index in [1.165, 1.54) is 11.2 Å². The third kappa shape index (κ3) is 4.51. The molecular weight excluding hydrogens is 468 g/mol. The van der Waals surface area contributed by atoms with E-state index in [1.54, 1.807) is 6.92 Å². The molecule has 1 aliphatic carbocycles. The molecule has 2 aliphatic rings. The molecule has 182 valence electrons. The van der Waals surface area contributed by atoms with Gasteiger partial charge < -0.3 is 20.5 Å². The first-order valence-corrected chi connectivity index (χ1v) is 11.7. The lowest BCUT2D eigenvalue weighted by atomic mass is 9.67. The van der Waals surface area contributed by atoms with Crippen molar-refractivity contribution in [1.29, 1.82) is 0 Å². The predicted molar refractivity (Wildman–Crippen MR) is 122 cm³/mol. The van der Waals surface area contributed by atoms with Crippen molar-refractivity contribution in [3.8, 4) is 0 Å². The van der Waals surface area contributed by atoms with Gasteiger partial charge in [0, 0.05) is 30.6 Å². The molecule has 34 heavy (non-hydrogen) atoms. The van der Waals surface area contributed by atoms with Crippen molar-refractivity contribution < 1.29 is 23.2 Å². The lowest BCUT2D eigenvalue weighted by molar-refractivity contribution is -0.132. The van der Waals surface area contributed by atoms with Crippen LogP contribution in [0.25, 0.3) is 0 Å². The van der Waals surface area contributed by atoms with Gasteiger partial charge in [-0.25, -0.2) is 13.8 Å². The highest BCUT2D eigenvalue weighted by molar-refractivity contribution is 6.33. The van der Waals surface area contributed by atoms with Crippen LogP contribution in [0.4, 0.5) is 14.5 Å². The average Bonchev–Trinajstić information content (AvgIpc) is 3.30. The van der Waals surface area contributed by atoms with Gasteiger partial charge in [0.05, 0.1) is 17.0 Å². The number of nitrogens with zero attached hydrogens (tertiary/aromatic N) is 2. The van der Waals surface area contributed by atoms with Gasteiger partial charge in [0.15, 0.2) is 17.3 Å². The minimum atomic E-state index is -1.06. The number of anilines is 1. The summed E-state index contributed by atoms with van der Waals surface area (Å²) in [5, 5.41) is 5.55. The summed E-state index contributed by atoms with van der Waals surface area (Å²) in [6, 6.07) is 1.68. The summed E-state index contributed by atoms with van der Waals surface area (Å²) in [6.45, 7) is 2.58. The molecule has 1 saturated heterocycles. The van der Waals surface area contributed by atoms with Gasteiger partial charge in [0.1, 0.15) is 5.69 Å². The summed E-state index contributed by atoms with van der Waals surface area (Å²) in [6.07, 6.45) is 4.91. The number of carbonyl (C=O) groups is 3. The number of aromatic nitrogens is 2. The Hall–Kier alpha value is -3.01. The van der Waals surface area contributed by atoms with Gasteiger partial charge in [-0.15, -0.1) is 0 Å². The molecule has 1 saturated carbocycles. The number of aromatic amines is 1. The fraction of sp³-hybridized carbons (Fsp3) is 0.478. The molecule has 0 atom stereocenters. The van der Waals surface area contributed by atoms with E-state index < -0.39 is 28.9 Å². The maximum Gasteiger partial charge on any atom is 0.272 e. The minimum Gasteiger partial charge on any atom is -0.351 e. The molecule has 0 unspecified atom stereocenters.